The summed E-state index contributed by atoms with van der Waals surface area (Å²) in [6.45, 7) is 4.97. The summed E-state index contributed by atoms with van der Waals surface area (Å²) >= 11 is 0. The van der Waals surface area contributed by atoms with Crippen LogP contribution in [-0.4, -0.2) is 18.5 Å². The average Bonchev–Trinajstić information content (AvgIpc) is 2.37. The highest BCUT2D eigenvalue weighted by Gasteiger charge is 2.08. The number of amides is 1. The standard InChI is InChI=1S/C15H32N2O/c1-3-5-6-7-8-9-10-11-15(18)17-14(4-2)12-13-16/h14H,3-13,16H2,1-2H3,(H,17,18). The highest BCUT2D eigenvalue weighted by atomic mass is 16.1. The van der Waals surface area contributed by atoms with Crippen LogP contribution in [0.15, 0.2) is 0 Å². The largest absolute Gasteiger partial charge is 0.353 e. The summed E-state index contributed by atoms with van der Waals surface area (Å²) in [4.78, 5) is 11.7. The third-order valence-electron chi connectivity index (χ3n) is 3.38. The van der Waals surface area contributed by atoms with Gasteiger partial charge in [0, 0.05) is 12.5 Å². The molecule has 1 unspecified atom stereocenters. The smallest absolute Gasteiger partial charge is 0.220 e. The van der Waals surface area contributed by atoms with Crippen molar-refractivity contribution in [1.82, 2.24) is 5.32 Å². The first-order valence-corrected chi connectivity index (χ1v) is 7.74. The molecule has 0 saturated heterocycles. The van der Waals surface area contributed by atoms with Gasteiger partial charge in [0.15, 0.2) is 0 Å². The lowest BCUT2D eigenvalue weighted by Gasteiger charge is -2.15. The van der Waals surface area contributed by atoms with Gasteiger partial charge in [0.05, 0.1) is 0 Å². The monoisotopic (exact) mass is 256 g/mol. The number of nitrogens with one attached hydrogen (secondary N) is 1. The van der Waals surface area contributed by atoms with E-state index >= 15 is 0 Å². The number of hydrogen-bond donors (Lipinski definition) is 2. The van der Waals surface area contributed by atoms with E-state index < -0.39 is 0 Å². The Bertz CT molecular complexity index is 195. The van der Waals surface area contributed by atoms with Crippen LogP contribution < -0.4 is 11.1 Å². The number of hydrogen-bond acceptors (Lipinski definition) is 2. The van der Waals surface area contributed by atoms with Gasteiger partial charge in [-0.05, 0) is 25.8 Å². The molecule has 0 aromatic rings. The molecular formula is C15H32N2O. The second-order valence-corrected chi connectivity index (χ2v) is 5.12. The van der Waals surface area contributed by atoms with E-state index in [0.29, 0.717) is 13.0 Å². The molecule has 0 aliphatic carbocycles. The van der Waals surface area contributed by atoms with Crippen molar-refractivity contribution in [3.8, 4) is 0 Å². The molecule has 0 aromatic heterocycles. The molecule has 1 atom stereocenters. The normalized spacial score (nSPS) is 12.4. The lowest BCUT2D eigenvalue weighted by Crippen LogP contribution is -2.35. The van der Waals surface area contributed by atoms with Crippen LogP contribution in [0.5, 0.6) is 0 Å². The first-order chi connectivity index (χ1) is 8.74. The Morgan fingerprint density at radius 2 is 1.67 bits per heavy atom. The van der Waals surface area contributed by atoms with Crippen molar-refractivity contribution < 1.29 is 4.79 Å². The van der Waals surface area contributed by atoms with Crippen LogP contribution in [0.4, 0.5) is 0 Å². The minimum absolute atomic E-state index is 0.198. The van der Waals surface area contributed by atoms with E-state index in [2.05, 4.69) is 19.2 Å². The molecule has 18 heavy (non-hydrogen) atoms. The molecule has 0 aromatic carbocycles. The third kappa shape index (κ3) is 10.6. The SMILES string of the molecule is CCCCCCCCCC(=O)NC(CC)CCN. The maximum atomic E-state index is 11.7. The van der Waals surface area contributed by atoms with E-state index in [-0.39, 0.29) is 11.9 Å². The van der Waals surface area contributed by atoms with E-state index in [0.717, 1.165) is 19.3 Å². The Hall–Kier alpha value is -0.570. The fourth-order valence-electron chi connectivity index (χ4n) is 2.12. The van der Waals surface area contributed by atoms with Gasteiger partial charge in [-0.25, -0.2) is 0 Å². The summed E-state index contributed by atoms with van der Waals surface area (Å²) in [6.07, 6.45) is 11.3. The van der Waals surface area contributed by atoms with Crippen molar-refractivity contribution in [2.75, 3.05) is 6.54 Å². The summed E-state index contributed by atoms with van der Waals surface area (Å²) in [6, 6.07) is 0.270. The zero-order valence-corrected chi connectivity index (χ0v) is 12.3. The van der Waals surface area contributed by atoms with E-state index in [4.69, 9.17) is 5.73 Å². The van der Waals surface area contributed by atoms with E-state index in [1.165, 1.54) is 38.5 Å². The van der Waals surface area contributed by atoms with Gasteiger partial charge in [-0.2, -0.15) is 0 Å². The topological polar surface area (TPSA) is 55.1 Å². The molecule has 0 rings (SSSR count). The first kappa shape index (κ1) is 17.4. The van der Waals surface area contributed by atoms with Gasteiger partial charge < -0.3 is 11.1 Å². The number of nitrogens with two attached hydrogens (primary N) is 1. The highest BCUT2D eigenvalue weighted by Crippen LogP contribution is 2.08. The third-order valence-corrected chi connectivity index (χ3v) is 3.38. The molecule has 108 valence electrons. The maximum absolute atomic E-state index is 11.7. The van der Waals surface area contributed by atoms with Gasteiger partial charge in [0.2, 0.25) is 5.91 Å². The molecule has 0 aliphatic rings. The fraction of sp³-hybridized carbons (Fsp3) is 0.933. The Kier molecular flexibility index (Phi) is 12.5. The number of unbranched alkanes of at least 4 members (excludes halogenated alkanes) is 6. The van der Waals surface area contributed by atoms with E-state index in [1.54, 1.807) is 0 Å². The van der Waals surface area contributed by atoms with E-state index in [9.17, 15) is 4.79 Å². The first-order valence-electron chi connectivity index (χ1n) is 7.74. The van der Waals surface area contributed by atoms with Crippen LogP contribution in [0.3, 0.4) is 0 Å². The molecule has 3 nitrogen and oxygen atoms in total. The Morgan fingerprint density at radius 3 is 2.22 bits per heavy atom. The van der Waals surface area contributed by atoms with Crippen LogP contribution in [-0.2, 0) is 4.79 Å². The van der Waals surface area contributed by atoms with Crippen molar-refractivity contribution >= 4 is 5.91 Å². The molecule has 0 fully saturated rings. The summed E-state index contributed by atoms with van der Waals surface area (Å²) in [5, 5.41) is 3.06. The van der Waals surface area contributed by atoms with Crippen molar-refractivity contribution in [1.29, 1.82) is 0 Å². The zero-order valence-electron chi connectivity index (χ0n) is 12.3. The lowest BCUT2D eigenvalue weighted by atomic mass is 10.1. The summed E-state index contributed by atoms with van der Waals surface area (Å²) in [5.74, 6) is 0.198. The minimum Gasteiger partial charge on any atom is -0.353 e. The zero-order chi connectivity index (χ0) is 13.6. The van der Waals surface area contributed by atoms with Gasteiger partial charge in [0.1, 0.15) is 0 Å². The molecule has 0 spiro atoms. The highest BCUT2D eigenvalue weighted by molar-refractivity contribution is 5.76. The van der Waals surface area contributed by atoms with Gasteiger partial charge in [-0.1, -0.05) is 52.4 Å². The number of rotatable bonds is 12. The predicted molar refractivity (Wildman–Crippen MR) is 78.5 cm³/mol. The van der Waals surface area contributed by atoms with Crippen molar-refractivity contribution in [3.05, 3.63) is 0 Å². The second-order valence-electron chi connectivity index (χ2n) is 5.12. The average molecular weight is 256 g/mol. The summed E-state index contributed by atoms with van der Waals surface area (Å²) in [7, 11) is 0. The molecule has 0 aliphatic heterocycles. The molecule has 3 N–H and O–H groups in total. The number of carbonyl (C=O) groups is 1. The van der Waals surface area contributed by atoms with Crippen LogP contribution in [0, 0.1) is 0 Å². The molecule has 1 amide bonds. The van der Waals surface area contributed by atoms with Crippen LogP contribution in [0.2, 0.25) is 0 Å². The van der Waals surface area contributed by atoms with Crippen LogP contribution >= 0.6 is 0 Å². The predicted octanol–water partition coefficient (Wildman–Crippen LogP) is 3.37. The molecule has 0 saturated carbocycles. The van der Waals surface area contributed by atoms with E-state index in [1.807, 2.05) is 0 Å². The summed E-state index contributed by atoms with van der Waals surface area (Å²) in [5.41, 5.74) is 5.51. The minimum atomic E-state index is 0.198. The molecule has 0 bridgehead atoms. The van der Waals surface area contributed by atoms with Gasteiger partial charge in [-0.3, -0.25) is 4.79 Å². The second kappa shape index (κ2) is 12.9. The van der Waals surface area contributed by atoms with Crippen molar-refractivity contribution in [2.24, 2.45) is 5.73 Å². The van der Waals surface area contributed by atoms with Crippen LogP contribution in [0.1, 0.15) is 78.1 Å². The molecule has 3 heteroatoms. The lowest BCUT2D eigenvalue weighted by molar-refractivity contribution is -0.122. The Balaban J connectivity index is 3.41. The van der Waals surface area contributed by atoms with Crippen molar-refractivity contribution in [3.63, 3.8) is 0 Å². The van der Waals surface area contributed by atoms with Gasteiger partial charge in [-0.15, -0.1) is 0 Å². The maximum Gasteiger partial charge on any atom is 0.220 e. The Labute approximate surface area is 113 Å². The van der Waals surface area contributed by atoms with Crippen LogP contribution in [0.25, 0.3) is 0 Å². The van der Waals surface area contributed by atoms with Gasteiger partial charge in [0.25, 0.3) is 0 Å². The summed E-state index contributed by atoms with van der Waals surface area (Å²) < 4.78 is 0. The fourth-order valence-corrected chi connectivity index (χ4v) is 2.12. The quantitative estimate of drug-likeness (QED) is 0.526. The van der Waals surface area contributed by atoms with Gasteiger partial charge >= 0.3 is 0 Å². The Morgan fingerprint density at radius 1 is 1.06 bits per heavy atom. The number of carbonyl (C=O) groups excluding carboxylic acids is 1. The molecular weight excluding hydrogens is 224 g/mol. The van der Waals surface area contributed by atoms with Crippen molar-refractivity contribution in [2.45, 2.75) is 84.1 Å². The molecule has 0 radical (unpaired) electrons. The molecule has 0 heterocycles.